The van der Waals surface area contributed by atoms with E-state index in [9.17, 15) is 19.7 Å². The Morgan fingerprint density at radius 1 is 1.09 bits per heavy atom. The maximum absolute atomic E-state index is 12.7. The number of carbonyl (C=O) groups is 2. The Hall–Kier alpha value is -3.65. The van der Waals surface area contributed by atoms with Crippen LogP contribution < -0.4 is 10.2 Å². The highest BCUT2D eigenvalue weighted by molar-refractivity contribution is 8.00. The fourth-order valence-corrected chi connectivity index (χ4v) is 4.79. The molecule has 8 heteroatoms. The summed E-state index contributed by atoms with van der Waals surface area (Å²) in [4.78, 5) is 37.4. The van der Waals surface area contributed by atoms with Crippen molar-refractivity contribution < 1.29 is 14.5 Å². The number of rotatable bonds is 5. The minimum atomic E-state index is -0.534. The van der Waals surface area contributed by atoms with Crippen LogP contribution >= 0.6 is 11.8 Å². The molecule has 0 aromatic heterocycles. The molecule has 32 heavy (non-hydrogen) atoms. The Bertz CT molecular complexity index is 1210. The summed E-state index contributed by atoms with van der Waals surface area (Å²) in [5.74, 6) is 0.0455. The predicted octanol–water partition coefficient (Wildman–Crippen LogP) is 5.24. The first kappa shape index (κ1) is 21.6. The molecule has 1 aliphatic rings. The zero-order valence-corrected chi connectivity index (χ0v) is 18.4. The van der Waals surface area contributed by atoms with Crippen LogP contribution in [0.15, 0.2) is 66.7 Å². The zero-order chi connectivity index (χ0) is 22.8. The van der Waals surface area contributed by atoms with E-state index in [1.807, 2.05) is 49.1 Å². The molecule has 1 N–H and O–H groups in total. The summed E-state index contributed by atoms with van der Waals surface area (Å²) in [7, 11) is 0. The van der Waals surface area contributed by atoms with Crippen molar-refractivity contribution in [2.45, 2.75) is 19.2 Å². The van der Waals surface area contributed by atoms with E-state index >= 15 is 0 Å². The lowest BCUT2D eigenvalue weighted by Gasteiger charge is -2.26. The fourth-order valence-electron chi connectivity index (χ4n) is 3.62. The molecule has 1 atom stereocenters. The minimum Gasteiger partial charge on any atom is -0.322 e. The van der Waals surface area contributed by atoms with Crippen LogP contribution in [0.3, 0.4) is 0 Å². The first-order valence-corrected chi connectivity index (χ1v) is 11.1. The normalized spacial score (nSPS) is 15.6. The van der Waals surface area contributed by atoms with Gasteiger partial charge in [-0.25, -0.2) is 0 Å². The summed E-state index contributed by atoms with van der Waals surface area (Å²) < 4.78 is 0. The SMILES string of the molecule is Cc1cccc(N2C(=O)CS[C@@H]2c2ccc(NC(=O)c3cccc([N+](=O)[O-])c3)cc2)c1C. The molecular weight excluding hydrogens is 426 g/mol. The minimum absolute atomic E-state index is 0.0664. The third kappa shape index (κ3) is 4.22. The molecule has 0 bridgehead atoms. The van der Waals surface area contributed by atoms with Gasteiger partial charge >= 0.3 is 0 Å². The van der Waals surface area contributed by atoms with Crippen LogP contribution in [0.1, 0.15) is 32.4 Å². The molecule has 0 radical (unpaired) electrons. The molecule has 0 unspecified atom stereocenters. The summed E-state index contributed by atoms with van der Waals surface area (Å²) in [5.41, 5.74) is 4.71. The summed E-state index contributed by atoms with van der Waals surface area (Å²) in [5, 5.41) is 13.5. The van der Waals surface area contributed by atoms with Crippen LogP contribution in [-0.4, -0.2) is 22.5 Å². The molecular formula is C24H21N3O4S. The van der Waals surface area contributed by atoms with Crippen molar-refractivity contribution in [2.75, 3.05) is 16.0 Å². The lowest BCUT2D eigenvalue weighted by molar-refractivity contribution is -0.384. The number of anilines is 2. The average molecular weight is 448 g/mol. The fraction of sp³-hybridized carbons (Fsp3) is 0.167. The van der Waals surface area contributed by atoms with E-state index in [4.69, 9.17) is 0 Å². The van der Waals surface area contributed by atoms with Crippen molar-refractivity contribution in [3.63, 3.8) is 0 Å². The molecule has 1 heterocycles. The molecule has 2 amide bonds. The van der Waals surface area contributed by atoms with Gasteiger partial charge in [-0.2, -0.15) is 0 Å². The lowest BCUT2D eigenvalue weighted by Crippen LogP contribution is -2.28. The molecule has 1 saturated heterocycles. The number of aryl methyl sites for hydroxylation is 1. The number of nitrogens with one attached hydrogen (secondary N) is 1. The van der Waals surface area contributed by atoms with Gasteiger partial charge in [0, 0.05) is 29.1 Å². The van der Waals surface area contributed by atoms with Crippen molar-refractivity contribution in [1.82, 2.24) is 0 Å². The number of non-ortho nitro benzene ring substituents is 1. The first-order valence-electron chi connectivity index (χ1n) is 10.0. The van der Waals surface area contributed by atoms with Crippen LogP contribution in [0.2, 0.25) is 0 Å². The Morgan fingerprint density at radius 2 is 1.81 bits per heavy atom. The largest absolute Gasteiger partial charge is 0.322 e. The third-order valence-electron chi connectivity index (χ3n) is 5.48. The van der Waals surface area contributed by atoms with E-state index in [2.05, 4.69) is 5.32 Å². The van der Waals surface area contributed by atoms with Crippen molar-refractivity contribution in [3.8, 4) is 0 Å². The van der Waals surface area contributed by atoms with Gasteiger partial charge in [0.05, 0.1) is 10.7 Å². The van der Waals surface area contributed by atoms with Crippen molar-refractivity contribution in [1.29, 1.82) is 0 Å². The van der Waals surface area contributed by atoms with Crippen LogP contribution in [-0.2, 0) is 4.79 Å². The predicted molar refractivity (Wildman–Crippen MR) is 126 cm³/mol. The molecule has 0 aliphatic carbocycles. The van der Waals surface area contributed by atoms with Gasteiger partial charge in [0.2, 0.25) is 5.91 Å². The number of hydrogen-bond acceptors (Lipinski definition) is 5. The molecule has 3 aromatic carbocycles. The molecule has 3 aromatic rings. The monoisotopic (exact) mass is 447 g/mol. The van der Waals surface area contributed by atoms with Gasteiger partial charge in [0.25, 0.3) is 11.6 Å². The van der Waals surface area contributed by atoms with Gasteiger partial charge in [-0.3, -0.25) is 24.6 Å². The van der Waals surface area contributed by atoms with Crippen LogP contribution in [0.5, 0.6) is 0 Å². The summed E-state index contributed by atoms with van der Waals surface area (Å²) in [6, 6.07) is 18.9. The van der Waals surface area contributed by atoms with E-state index < -0.39 is 10.8 Å². The van der Waals surface area contributed by atoms with E-state index in [-0.39, 0.29) is 22.5 Å². The summed E-state index contributed by atoms with van der Waals surface area (Å²) in [6.45, 7) is 4.05. The number of thioether (sulfide) groups is 1. The second kappa shape index (κ2) is 8.84. The molecule has 7 nitrogen and oxygen atoms in total. The summed E-state index contributed by atoms with van der Waals surface area (Å²) in [6.07, 6.45) is 0. The number of hydrogen-bond donors (Lipinski definition) is 1. The Labute approximate surface area is 189 Å². The number of nitro groups is 1. The van der Waals surface area contributed by atoms with Crippen LogP contribution in [0.25, 0.3) is 0 Å². The standard InChI is InChI=1S/C24H21N3O4S/c1-15-5-3-8-21(16(15)2)26-22(28)14-32-24(26)17-9-11-19(12-10-17)25-23(29)18-6-4-7-20(13-18)27(30)31/h3-13,24H,14H2,1-2H3,(H,25,29)/t24-/m1/s1. The molecule has 0 spiro atoms. The van der Waals surface area contributed by atoms with Crippen LogP contribution in [0.4, 0.5) is 17.1 Å². The maximum atomic E-state index is 12.7. The van der Waals surface area contributed by atoms with Crippen molar-refractivity contribution in [3.05, 3.63) is 99.1 Å². The molecule has 1 aliphatic heterocycles. The Kier molecular flexibility index (Phi) is 5.96. The zero-order valence-electron chi connectivity index (χ0n) is 17.6. The van der Waals surface area contributed by atoms with Crippen molar-refractivity contribution in [2.24, 2.45) is 0 Å². The maximum Gasteiger partial charge on any atom is 0.270 e. The number of benzene rings is 3. The van der Waals surface area contributed by atoms with Gasteiger partial charge < -0.3 is 5.32 Å². The third-order valence-corrected chi connectivity index (χ3v) is 6.69. The lowest BCUT2D eigenvalue weighted by atomic mass is 10.1. The molecule has 0 saturated carbocycles. The van der Waals surface area contributed by atoms with E-state index in [0.717, 1.165) is 22.4 Å². The van der Waals surface area contributed by atoms with Gasteiger partial charge in [0.1, 0.15) is 5.37 Å². The number of nitrogens with zero attached hydrogens (tertiary/aromatic N) is 2. The Morgan fingerprint density at radius 3 is 2.53 bits per heavy atom. The highest BCUT2D eigenvalue weighted by atomic mass is 32.2. The van der Waals surface area contributed by atoms with E-state index in [0.29, 0.717) is 11.4 Å². The quantitative estimate of drug-likeness (QED) is 0.426. The molecule has 162 valence electrons. The molecule has 1 fully saturated rings. The number of nitro benzene ring substituents is 1. The van der Waals surface area contributed by atoms with Gasteiger partial charge in [-0.1, -0.05) is 30.3 Å². The summed E-state index contributed by atoms with van der Waals surface area (Å²) >= 11 is 1.57. The highest BCUT2D eigenvalue weighted by Crippen LogP contribution is 2.43. The smallest absolute Gasteiger partial charge is 0.270 e. The van der Waals surface area contributed by atoms with Crippen molar-refractivity contribution >= 4 is 40.6 Å². The first-order chi connectivity index (χ1) is 15.3. The second-order valence-electron chi connectivity index (χ2n) is 7.53. The number of carbonyl (C=O) groups excluding carboxylic acids is 2. The molecule has 4 rings (SSSR count). The van der Waals surface area contributed by atoms with E-state index in [1.165, 1.54) is 24.3 Å². The van der Waals surface area contributed by atoms with Gasteiger partial charge in [-0.15, -0.1) is 11.8 Å². The number of amides is 2. The average Bonchev–Trinajstić information content (AvgIpc) is 3.17. The highest BCUT2D eigenvalue weighted by Gasteiger charge is 2.34. The topological polar surface area (TPSA) is 92.6 Å². The van der Waals surface area contributed by atoms with E-state index in [1.54, 1.807) is 23.9 Å². The van der Waals surface area contributed by atoms with Gasteiger partial charge in [-0.05, 0) is 54.8 Å². The Balaban J connectivity index is 1.54. The second-order valence-corrected chi connectivity index (χ2v) is 8.60. The van der Waals surface area contributed by atoms with Crippen LogP contribution in [0, 0.1) is 24.0 Å². The van der Waals surface area contributed by atoms with Gasteiger partial charge in [0.15, 0.2) is 0 Å².